The van der Waals surface area contributed by atoms with Crippen LogP contribution < -0.4 is 0 Å². The predicted octanol–water partition coefficient (Wildman–Crippen LogP) is 1.44. The van der Waals surface area contributed by atoms with E-state index in [9.17, 15) is 4.79 Å². The van der Waals surface area contributed by atoms with Gasteiger partial charge in [-0.05, 0) is 31.7 Å². The Morgan fingerprint density at radius 1 is 1.33 bits per heavy atom. The van der Waals surface area contributed by atoms with E-state index in [1.54, 1.807) is 4.68 Å². The van der Waals surface area contributed by atoms with E-state index in [0.29, 0.717) is 18.3 Å². The number of hydrogen-bond donors (Lipinski definition) is 0. The van der Waals surface area contributed by atoms with Crippen LogP contribution in [-0.4, -0.2) is 70.4 Å². The highest BCUT2D eigenvalue weighted by Crippen LogP contribution is 2.30. The Morgan fingerprint density at radius 3 is 2.83 bits per heavy atom. The minimum Gasteiger partial charge on any atom is -0.373 e. The molecule has 6 heteroatoms. The molecule has 0 unspecified atom stereocenters. The fourth-order valence-corrected chi connectivity index (χ4v) is 4.65. The van der Waals surface area contributed by atoms with Crippen LogP contribution in [0.1, 0.15) is 41.9 Å². The van der Waals surface area contributed by atoms with Crippen molar-refractivity contribution in [3.8, 4) is 0 Å². The van der Waals surface area contributed by atoms with Crippen LogP contribution in [0.3, 0.4) is 0 Å². The van der Waals surface area contributed by atoms with Crippen molar-refractivity contribution in [2.45, 2.75) is 44.8 Å². The molecule has 1 aliphatic carbocycles. The van der Waals surface area contributed by atoms with Gasteiger partial charge in [0.15, 0.2) is 0 Å². The van der Waals surface area contributed by atoms with E-state index in [-0.39, 0.29) is 12.0 Å². The fraction of sp³-hybridized carbons (Fsp3) is 0.778. The highest BCUT2D eigenvalue weighted by molar-refractivity contribution is 5.93. The van der Waals surface area contributed by atoms with Gasteiger partial charge in [-0.2, -0.15) is 5.10 Å². The Hall–Kier alpha value is -1.40. The quantitative estimate of drug-likeness (QED) is 0.840. The maximum atomic E-state index is 12.9. The summed E-state index contributed by atoms with van der Waals surface area (Å²) in [5.41, 5.74) is 1.56. The summed E-state index contributed by atoms with van der Waals surface area (Å²) in [6.45, 7) is 6.38. The Labute approximate surface area is 143 Å². The zero-order valence-electron chi connectivity index (χ0n) is 14.8. The average Bonchev–Trinajstić information content (AvgIpc) is 3.26. The number of carbonyl (C=O) groups excluding carboxylic acids is 1. The number of morpholine rings is 1. The molecule has 4 rings (SSSR count). The molecule has 2 atom stereocenters. The molecule has 132 valence electrons. The molecule has 1 amide bonds. The van der Waals surface area contributed by atoms with Gasteiger partial charge < -0.3 is 9.64 Å². The Bertz CT molecular complexity index is 608. The highest BCUT2D eigenvalue weighted by atomic mass is 16.5. The van der Waals surface area contributed by atoms with Crippen LogP contribution in [0.15, 0.2) is 6.07 Å². The molecule has 2 saturated heterocycles. The summed E-state index contributed by atoms with van der Waals surface area (Å²) >= 11 is 0. The van der Waals surface area contributed by atoms with E-state index >= 15 is 0 Å². The van der Waals surface area contributed by atoms with Crippen molar-refractivity contribution in [1.82, 2.24) is 19.6 Å². The molecule has 1 saturated carbocycles. The number of aromatic nitrogens is 2. The van der Waals surface area contributed by atoms with Crippen molar-refractivity contribution in [1.29, 1.82) is 0 Å². The van der Waals surface area contributed by atoms with Crippen LogP contribution in [0.2, 0.25) is 0 Å². The van der Waals surface area contributed by atoms with E-state index in [4.69, 9.17) is 4.74 Å². The third-order valence-electron chi connectivity index (χ3n) is 5.89. The summed E-state index contributed by atoms with van der Waals surface area (Å²) in [7, 11) is 1.84. The Morgan fingerprint density at radius 2 is 2.12 bits per heavy atom. The van der Waals surface area contributed by atoms with Crippen LogP contribution in [0.5, 0.6) is 0 Å². The number of aryl methyl sites for hydroxylation is 2. The van der Waals surface area contributed by atoms with Gasteiger partial charge in [0.25, 0.3) is 5.91 Å². The summed E-state index contributed by atoms with van der Waals surface area (Å²) in [4.78, 5) is 17.4. The second kappa shape index (κ2) is 6.48. The number of amides is 1. The van der Waals surface area contributed by atoms with Crippen LogP contribution in [0.25, 0.3) is 0 Å². The van der Waals surface area contributed by atoms with Crippen molar-refractivity contribution < 1.29 is 9.53 Å². The lowest BCUT2D eigenvalue weighted by Gasteiger charge is -2.38. The van der Waals surface area contributed by atoms with Gasteiger partial charge in [0.1, 0.15) is 5.69 Å². The lowest BCUT2D eigenvalue weighted by molar-refractivity contribution is -0.0516. The number of ether oxygens (including phenoxy) is 1. The number of likely N-dealkylation sites (tertiary alicyclic amines) is 1. The van der Waals surface area contributed by atoms with E-state index in [0.717, 1.165) is 31.3 Å². The molecule has 1 aromatic heterocycles. The Kier molecular flexibility index (Phi) is 4.35. The summed E-state index contributed by atoms with van der Waals surface area (Å²) in [6.07, 6.45) is 5.66. The molecule has 6 nitrogen and oxygen atoms in total. The van der Waals surface area contributed by atoms with Gasteiger partial charge in [-0.3, -0.25) is 14.4 Å². The molecule has 0 aromatic carbocycles. The van der Waals surface area contributed by atoms with Crippen LogP contribution in [0.4, 0.5) is 0 Å². The van der Waals surface area contributed by atoms with Crippen LogP contribution in [0, 0.1) is 12.8 Å². The van der Waals surface area contributed by atoms with Crippen LogP contribution in [-0.2, 0) is 11.8 Å². The SMILES string of the molecule is Cc1cc(C(=O)N2C[C@@H]3OCCN(CC4CCCC4)[C@H]3C2)n(C)n1. The van der Waals surface area contributed by atoms with Gasteiger partial charge in [-0.25, -0.2) is 0 Å². The number of carbonyl (C=O) groups is 1. The fourth-order valence-electron chi connectivity index (χ4n) is 4.65. The molecule has 1 aromatic rings. The van der Waals surface area contributed by atoms with E-state index in [1.165, 1.54) is 32.2 Å². The number of rotatable bonds is 3. The first kappa shape index (κ1) is 16.1. The highest BCUT2D eigenvalue weighted by Gasteiger charge is 2.42. The molecule has 0 spiro atoms. The normalized spacial score (nSPS) is 28.5. The molecule has 24 heavy (non-hydrogen) atoms. The van der Waals surface area contributed by atoms with Crippen molar-refractivity contribution >= 4 is 5.91 Å². The largest absolute Gasteiger partial charge is 0.373 e. The first-order valence-electron chi connectivity index (χ1n) is 9.27. The van der Waals surface area contributed by atoms with Gasteiger partial charge in [0.05, 0.1) is 24.4 Å². The third-order valence-corrected chi connectivity index (χ3v) is 5.89. The van der Waals surface area contributed by atoms with Crippen molar-refractivity contribution in [3.63, 3.8) is 0 Å². The van der Waals surface area contributed by atoms with Crippen molar-refractivity contribution in [2.24, 2.45) is 13.0 Å². The Balaban J connectivity index is 1.45. The molecule has 2 aliphatic heterocycles. The summed E-state index contributed by atoms with van der Waals surface area (Å²) in [5.74, 6) is 0.921. The molecule has 3 fully saturated rings. The lowest BCUT2D eigenvalue weighted by atomic mass is 10.0. The molecular formula is C18H28N4O2. The molecule has 0 radical (unpaired) electrons. The third kappa shape index (κ3) is 2.97. The molecule has 0 N–H and O–H groups in total. The van der Waals surface area contributed by atoms with E-state index in [2.05, 4.69) is 10.00 Å². The molecule has 3 heterocycles. The first-order chi connectivity index (χ1) is 11.6. The average molecular weight is 332 g/mol. The number of fused-ring (bicyclic) bond motifs is 1. The number of nitrogens with zero attached hydrogens (tertiary/aromatic N) is 4. The topological polar surface area (TPSA) is 50.6 Å². The molecule has 0 bridgehead atoms. The van der Waals surface area contributed by atoms with Gasteiger partial charge >= 0.3 is 0 Å². The zero-order chi connectivity index (χ0) is 16.7. The van der Waals surface area contributed by atoms with Crippen LogP contribution >= 0.6 is 0 Å². The maximum Gasteiger partial charge on any atom is 0.272 e. The van der Waals surface area contributed by atoms with Gasteiger partial charge in [-0.15, -0.1) is 0 Å². The molecule has 3 aliphatic rings. The number of hydrogen-bond acceptors (Lipinski definition) is 4. The first-order valence-corrected chi connectivity index (χ1v) is 9.27. The van der Waals surface area contributed by atoms with Gasteiger partial charge in [0, 0.05) is 33.2 Å². The molecular weight excluding hydrogens is 304 g/mol. The van der Waals surface area contributed by atoms with Gasteiger partial charge in [0.2, 0.25) is 0 Å². The second-order valence-electron chi connectivity index (χ2n) is 7.63. The summed E-state index contributed by atoms with van der Waals surface area (Å²) < 4.78 is 7.68. The smallest absolute Gasteiger partial charge is 0.272 e. The van der Waals surface area contributed by atoms with E-state index in [1.807, 2.05) is 24.9 Å². The summed E-state index contributed by atoms with van der Waals surface area (Å²) in [5, 5.41) is 4.31. The van der Waals surface area contributed by atoms with Crippen molar-refractivity contribution in [2.75, 3.05) is 32.8 Å². The monoisotopic (exact) mass is 332 g/mol. The predicted molar refractivity (Wildman–Crippen MR) is 90.9 cm³/mol. The standard InChI is InChI=1S/C18H28N4O2/c1-13-9-15(20(2)19-13)18(23)22-11-16-17(12-22)24-8-7-21(16)10-14-5-3-4-6-14/h9,14,16-17H,3-8,10-12H2,1-2H3/t16-,17-/m0/s1. The van der Waals surface area contributed by atoms with Crippen molar-refractivity contribution in [3.05, 3.63) is 17.5 Å². The summed E-state index contributed by atoms with van der Waals surface area (Å²) in [6, 6.07) is 2.24. The van der Waals surface area contributed by atoms with E-state index < -0.39 is 0 Å². The zero-order valence-corrected chi connectivity index (χ0v) is 14.8. The lowest BCUT2D eigenvalue weighted by Crippen LogP contribution is -2.52. The maximum absolute atomic E-state index is 12.9. The minimum absolute atomic E-state index is 0.0805. The minimum atomic E-state index is 0.0805. The second-order valence-corrected chi connectivity index (χ2v) is 7.63. The van der Waals surface area contributed by atoms with Gasteiger partial charge in [-0.1, -0.05) is 12.8 Å².